The van der Waals surface area contributed by atoms with Crippen molar-refractivity contribution in [3.63, 3.8) is 0 Å². The van der Waals surface area contributed by atoms with Gasteiger partial charge in [-0.25, -0.2) is 4.79 Å². The van der Waals surface area contributed by atoms with Gasteiger partial charge < -0.3 is 14.4 Å². The van der Waals surface area contributed by atoms with Crippen LogP contribution in [0, 0.1) is 11.3 Å². The van der Waals surface area contributed by atoms with Crippen LogP contribution in [0.15, 0.2) is 0 Å². The standard InChI is InChI=1S/C11H19NO3/c1-11(2,3)9-8(7-13)5-6-12(9)10(14)15-4/h7-9H,5-6H2,1-4H3. The summed E-state index contributed by atoms with van der Waals surface area (Å²) < 4.78 is 4.72. The normalized spacial score (nSPS) is 26.5. The number of likely N-dealkylation sites (tertiary alicyclic amines) is 1. The number of amides is 1. The molecule has 0 saturated carbocycles. The van der Waals surface area contributed by atoms with E-state index in [0.717, 1.165) is 12.7 Å². The van der Waals surface area contributed by atoms with Crippen molar-refractivity contribution in [1.82, 2.24) is 4.90 Å². The first-order chi connectivity index (χ1) is 6.91. The average molecular weight is 213 g/mol. The van der Waals surface area contributed by atoms with Gasteiger partial charge in [-0.3, -0.25) is 0 Å². The van der Waals surface area contributed by atoms with Gasteiger partial charge >= 0.3 is 6.09 Å². The van der Waals surface area contributed by atoms with Crippen LogP contribution in [0.4, 0.5) is 4.79 Å². The third kappa shape index (κ3) is 2.30. The summed E-state index contributed by atoms with van der Waals surface area (Å²) in [6, 6.07) is -0.0533. The van der Waals surface area contributed by atoms with Gasteiger partial charge in [-0.05, 0) is 11.8 Å². The molecule has 2 atom stereocenters. The summed E-state index contributed by atoms with van der Waals surface area (Å²) in [6.45, 7) is 6.72. The maximum absolute atomic E-state index is 11.5. The summed E-state index contributed by atoms with van der Waals surface area (Å²) >= 11 is 0. The third-order valence-corrected chi connectivity index (χ3v) is 2.92. The number of carbonyl (C=O) groups excluding carboxylic acids is 2. The molecule has 0 radical (unpaired) electrons. The molecule has 0 aromatic heterocycles. The highest BCUT2D eigenvalue weighted by Crippen LogP contribution is 2.36. The van der Waals surface area contributed by atoms with Gasteiger partial charge in [0.1, 0.15) is 6.29 Å². The lowest BCUT2D eigenvalue weighted by atomic mass is 9.80. The SMILES string of the molecule is COC(=O)N1CCC(C=O)C1C(C)(C)C. The maximum atomic E-state index is 11.5. The molecule has 0 N–H and O–H groups in total. The second kappa shape index (κ2) is 4.21. The molecule has 1 amide bonds. The van der Waals surface area contributed by atoms with Crippen molar-refractivity contribution in [2.24, 2.45) is 11.3 Å². The molecule has 0 aliphatic carbocycles. The summed E-state index contributed by atoms with van der Waals surface area (Å²) in [5.41, 5.74) is -0.101. The molecule has 0 bridgehead atoms. The van der Waals surface area contributed by atoms with Crippen molar-refractivity contribution in [1.29, 1.82) is 0 Å². The fourth-order valence-electron chi connectivity index (χ4n) is 2.39. The summed E-state index contributed by atoms with van der Waals surface area (Å²) in [7, 11) is 1.37. The Balaban J connectivity index is 2.90. The summed E-state index contributed by atoms with van der Waals surface area (Å²) in [4.78, 5) is 24.1. The highest BCUT2D eigenvalue weighted by Gasteiger charge is 2.44. The molecule has 4 nitrogen and oxygen atoms in total. The van der Waals surface area contributed by atoms with Crippen molar-refractivity contribution >= 4 is 12.4 Å². The Bertz CT molecular complexity index is 257. The van der Waals surface area contributed by atoms with Crippen LogP contribution in [0.3, 0.4) is 0 Å². The predicted octanol–water partition coefficient (Wildman–Crippen LogP) is 1.69. The van der Waals surface area contributed by atoms with E-state index in [1.165, 1.54) is 7.11 Å². The molecule has 0 aromatic rings. The van der Waals surface area contributed by atoms with E-state index < -0.39 is 0 Å². The van der Waals surface area contributed by atoms with E-state index in [-0.39, 0.29) is 23.5 Å². The van der Waals surface area contributed by atoms with Crippen LogP contribution in [0.25, 0.3) is 0 Å². The number of methoxy groups -OCH3 is 1. The second-order valence-electron chi connectivity index (χ2n) is 5.06. The molecule has 0 spiro atoms. The molecule has 1 fully saturated rings. The van der Waals surface area contributed by atoms with Crippen molar-refractivity contribution in [2.45, 2.75) is 33.2 Å². The van der Waals surface area contributed by atoms with Gasteiger partial charge in [0.05, 0.1) is 7.11 Å². The van der Waals surface area contributed by atoms with Gasteiger partial charge in [0.2, 0.25) is 0 Å². The number of aldehydes is 1. The van der Waals surface area contributed by atoms with Crippen molar-refractivity contribution < 1.29 is 14.3 Å². The van der Waals surface area contributed by atoms with E-state index in [0.29, 0.717) is 6.54 Å². The first kappa shape index (κ1) is 12.0. The summed E-state index contributed by atoms with van der Waals surface area (Å²) in [5, 5.41) is 0. The minimum absolute atomic E-state index is 0.0533. The zero-order valence-electron chi connectivity index (χ0n) is 9.82. The maximum Gasteiger partial charge on any atom is 0.409 e. The molecule has 1 rings (SSSR count). The fourth-order valence-corrected chi connectivity index (χ4v) is 2.39. The van der Waals surface area contributed by atoms with Gasteiger partial charge in [0, 0.05) is 18.5 Å². The lowest BCUT2D eigenvalue weighted by Crippen LogP contribution is -2.46. The first-order valence-electron chi connectivity index (χ1n) is 5.21. The molecule has 2 unspecified atom stereocenters. The van der Waals surface area contributed by atoms with Gasteiger partial charge in [0.15, 0.2) is 0 Å². The second-order valence-corrected chi connectivity index (χ2v) is 5.06. The number of nitrogens with zero attached hydrogens (tertiary/aromatic N) is 1. The van der Waals surface area contributed by atoms with Crippen LogP contribution < -0.4 is 0 Å². The predicted molar refractivity (Wildman–Crippen MR) is 56.5 cm³/mol. The first-order valence-corrected chi connectivity index (χ1v) is 5.21. The Morgan fingerprint density at radius 2 is 2.07 bits per heavy atom. The Morgan fingerprint density at radius 1 is 1.47 bits per heavy atom. The lowest BCUT2D eigenvalue weighted by Gasteiger charge is -2.36. The van der Waals surface area contributed by atoms with E-state index in [2.05, 4.69) is 0 Å². The highest BCUT2D eigenvalue weighted by atomic mass is 16.5. The molecule has 1 aliphatic heterocycles. The van der Waals surface area contributed by atoms with E-state index in [1.54, 1.807) is 4.90 Å². The number of carbonyl (C=O) groups is 2. The Labute approximate surface area is 90.6 Å². The quantitative estimate of drug-likeness (QED) is 0.623. The molecule has 15 heavy (non-hydrogen) atoms. The lowest BCUT2D eigenvalue weighted by molar-refractivity contribution is -0.112. The minimum Gasteiger partial charge on any atom is -0.453 e. The third-order valence-electron chi connectivity index (χ3n) is 2.92. The molecule has 0 aromatic carbocycles. The van der Waals surface area contributed by atoms with E-state index in [9.17, 15) is 9.59 Å². The van der Waals surface area contributed by atoms with Gasteiger partial charge in [0.25, 0.3) is 0 Å². The molecule has 4 heteroatoms. The molecular weight excluding hydrogens is 194 g/mol. The van der Waals surface area contributed by atoms with Crippen LogP contribution in [-0.4, -0.2) is 37.0 Å². The van der Waals surface area contributed by atoms with Crippen LogP contribution in [0.2, 0.25) is 0 Å². The number of rotatable bonds is 1. The Morgan fingerprint density at radius 3 is 2.47 bits per heavy atom. The van der Waals surface area contributed by atoms with Crippen LogP contribution >= 0.6 is 0 Å². The van der Waals surface area contributed by atoms with Gasteiger partial charge in [-0.15, -0.1) is 0 Å². The summed E-state index contributed by atoms with van der Waals surface area (Å²) in [6.07, 6.45) is 1.36. The molecule has 1 heterocycles. The van der Waals surface area contributed by atoms with E-state index >= 15 is 0 Å². The number of hydrogen-bond acceptors (Lipinski definition) is 3. The van der Waals surface area contributed by atoms with Crippen LogP contribution in [-0.2, 0) is 9.53 Å². The van der Waals surface area contributed by atoms with Gasteiger partial charge in [-0.1, -0.05) is 20.8 Å². The monoisotopic (exact) mass is 213 g/mol. The zero-order valence-corrected chi connectivity index (χ0v) is 9.82. The van der Waals surface area contributed by atoms with Gasteiger partial charge in [-0.2, -0.15) is 0 Å². The fraction of sp³-hybridized carbons (Fsp3) is 0.818. The molecule has 1 saturated heterocycles. The number of hydrogen-bond donors (Lipinski definition) is 0. The topological polar surface area (TPSA) is 46.6 Å². The highest BCUT2D eigenvalue weighted by molar-refractivity contribution is 5.70. The van der Waals surface area contributed by atoms with Crippen molar-refractivity contribution in [2.75, 3.05) is 13.7 Å². The van der Waals surface area contributed by atoms with Crippen LogP contribution in [0.1, 0.15) is 27.2 Å². The molecule has 86 valence electrons. The minimum atomic E-state index is -0.334. The summed E-state index contributed by atoms with van der Waals surface area (Å²) in [5.74, 6) is -0.0656. The number of ether oxygens (including phenoxy) is 1. The Kier molecular flexibility index (Phi) is 3.37. The largest absolute Gasteiger partial charge is 0.453 e. The molecule has 1 aliphatic rings. The smallest absolute Gasteiger partial charge is 0.409 e. The van der Waals surface area contributed by atoms with Crippen molar-refractivity contribution in [3.05, 3.63) is 0 Å². The van der Waals surface area contributed by atoms with E-state index in [4.69, 9.17) is 4.74 Å². The zero-order chi connectivity index (χ0) is 11.6. The van der Waals surface area contributed by atoms with E-state index in [1.807, 2.05) is 20.8 Å². The van der Waals surface area contributed by atoms with Crippen molar-refractivity contribution in [3.8, 4) is 0 Å². The Hall–Kier alpha value is -1.06. The van der Waals surface area contributed by atoms with Crippen LogP contribution in [0.5, 0.6) is 0 Å². The molecular formula is C11H19NO3. The average Bonchev–Trinajstić information content (AvgIpc) is 2.59.